The molecule has 0 radical (unpaired) electrons. The lowest BCUT2D eigenvalue weighted by Gasteiger charge is -2.25. The van der Waals surface area contributed by atoms with Crippen LogP contribution in [0.2, 0.25) is 0 Å². The Labute approximate surface area is 235 Å². The molecule has 222 valence electrons. The van der Waals surface area contributed by atoms with Crippen molar-refractivity contribution in [1.29, 1.82) is 0 Å². The van der Waals surface area contributed by atoms with Crippen LogP contribution in [-0.4, -0.2) is 57.3 Å². The molecule has 1 unspecified atom stereocenters. The van der Waals surface area contributed by atoms with Gasteiger partial charge in [0.15, 0.2) is 11.9 Å². The Morgan fingerprint density at radius 1 is 1.27 bits per heavy atom. The normalized spacial score (nSPS) is 26.1. The smallest absolute Gasteiger partial charge is 0.459 e. The molecule has 2 fully saturated rings. The van der Waals surface area contributed by atoms with Gasteiger partial charge in [-0.25, -0.2) is 13.8 Å². The predicted octanol–water partition coefficient (Wildman–Crippen LogP) is 2.42. The van der Waals surface area contributed by atoms with Gasteiger partial charge in [-0.05, 0) is 64.8 Å². The molecule has 0 spiro atoms. The van der Waals surface area contributed by atoms with Crippen molar-refractivity contribution in [3.8, 4) is 17.6 Å². The molecule has 12 nitrogen and oxygen atoms in total. The van der Waals surface area contributed by atoms with E-state index in [1.165, 1.54) is 19.1 Å². The number of nitrogens with one attached hydrogen (secondary N) is 2. The minimum Gasteiger partial charge on any atom is -0.462 e. The SMILES string of the molecule is CC(C)OC(=O)[C@H](C)NP(=O)(OC[C@H]1O[C@@H](n2ccc(=O)[nH]c2=O)[C@](C)(F)[C@@H]1O)Oc1ccc(C#CC2CC2)cc1. The molecule has 1 saturated carbocycles. The molecular weight excluding hydrogens is 560 g/mol. The number of aromatic nitrogens is 2. The van der Waals surface area contributed by atoms with Crippen molar-refractivity contribution < 1.29 is 37.4 Å². The summed E-state index contributed by atoms with van der Waals surface area (Å²) in [4.78, 5) is 38.1. The number of rotatable bonds is 10. The molecule has 0 bridgehead atoms. The first-order chi connectivity index (χ1) is 19.3. The second-order valence-electron chi connectivity index (χ2n) is 10.4. The lowest BCUT2D eigenvalue weighted by Crippen LogP contribution is -2.43. The Hall–Kier alpha value is -3.27. The van der Waals surface area contributed by atoms with Crippen LogP contribution in [0.1, 0.15) is 52.3 Å². The number of aliphatic hydroxyl groups excluding tert-OH is 1. The monoisotopic (exact) mass is 593 g/mol. The summed E-state index contributed by atoms with van der Waals surface area (Å²) >= 11 is 0. The number of esters is 1. The largest absolute Gasteiger partial charge is 0.462 e. The van der Waals surface area contributed by atoms with Crippen LogP contribution >= 0.6 is 7.75 Å². The van der Waals surface area contributed by atoms with Gasteiger partial charge in [0.05, 0.1) is 12.7 Å². The summed E-state index contributed by atoms with van der Waals surface area (Å²) in [6.07, 6.45) is -2.10. The number of hydrogen-bond donors (Lipinski definition) is 3. The summed E-state index contributed by atoms with van der Waals surface area (Å²) < 4.78 is 52.2. The van der Waals surface area contributed by atoms with Gasteiger partial charge in [0, 0.05) is 23.7 Å². The van der Waals surface area contributed by atoms with Crippen molar-refractivity contribution in [2.75, 3.05) is 6.61 Å². The quantitative estimate of drug-likeness (QED) is 0.212. The van der Waals surface area contributed by atoms with E-state index in [4.69, 9.17) is 18.5 Å². The summed E-state index contributed by atoms with van der Waals surface area (Å²) in [5, 5.41) is 13.2. The van der Waals surface area contributed by atoms with Crippen molar-refractivity contribution >= 4 is 13.7 Å². The van der Waals surface area contributed by atoms with Gasteiger partial charge >= 0.3 is 19.4 Å². The van der Waals surface area contributed by atoms with E-state index in [1.54, 1.807) is 26.0 Å². The first kappa shape index (κ1) is 30.7. The topological polar surface area (TPSA) is 158 Å². The lowest BCUT2D eigenvalue weighted by atomic mass is 9.98. The number of benzene rings is 1. The summed E-state index contributed by atoms with van der Waals surface area (Å²) in [6, 6.07) is 6.28. The van der Waals surface area contributed by atoms with Crippen LogP contribution in [0.15, 0.2) is 46.1 Å². The number of nitrogens with zero attached hydrogens (tertiary/aromatic N) is 1. The van der Waals surface area contributed by atoms with E-state index in [9.17, 15) is 24.1 Å². The number of halogens is 1. The highest BCUT2D eigenvalue weighted by Crippen LogP contribution is 2.47. The fourth-order valence-corrected chi connectivity index (χ4v) is 5.50. The molecule has 4 rings (SSSR count). The first-order valence-electron chi connectivity index (χ1n) is 13.2. The van der Waals surface area contributed by atoms with Crippen LogP contribution < -0.4 is 20.9 Å². The van der Waals surface area contributed by atoms with Crippen LogP contribution in [0.5, 0.6) is 5.75 Å². The fraction of sp³-hybridized carbons (Fsp3) is 0.519. The van der Waals surface area contributed by atoms with Gasteiger partial charge < -0.3 is 19.1 Å². The van der Waals surface area contributed by atoms with Crippen molar-refractivity contribution in [3.63, 3.8) is 0 Å². The van der Waals surface area contributed by atoms with Crippen LogP contribution in [0.3, 0.4) is 0 Å². The van der Waals surface area contributed by atoms with Gasteiger partial charge in [0.1, 0.15) is 24.0 Å². The Morgan fingerprint density at radius 3 is 2.56 bits per heavy atom. The molecule has 2 aromatic rings. The molecule has 2 aliphatic rings. The average Bonchev–Trinajstić information content (AvgIpc) is 3.69. The van der Waals surface area contributed by atoms with Gasteiger partial charge in [0.25, 0.3) is 5.56 Å². The number of hydrogen-bond acceptors (Lipinski definition) is 9. The molecule has 3 N–H and O–H groups in total. The first-order valence-corrected chi connectivity index (χ1v) is 14.7. The Bertz CT molecular complexity index is 1470. The standard InChI is InChI=1S/C27H33FN3O9P/c1-16(2)38-24(34)17(3)30-41(36,40-20-11-9-19(10-12-20)8-7-18-5-6-18)37-15-21-23(33)27(4,28)25(39-21)31-14-13-22(32)29-26(31)35/h9-14,16-18,21,23,25,33H,5-6,15H2,1-4H3,(H,30,36)(H,29,32,35)/t17-,21+,23+,25+,27+,41?/m0/s1. The minimum atomic E-state index is -4.38. The van der Waals surface area contributed by atoms with Crippen LogP contribution in [-0.2, 0) is 23.4 Å². The molecule has 1 aromatic heterocycles. The molecular formula is C27H33FN3O9P. The predicted molar refractivity (Wildman–Crippen MR) is 145 cm³/mol. The van der Waals surface area contributed by atoms with Crippen molar-refractivity contribution in [3.05, 3.63) is 62.9 Å². The molecule has 2 heterocycles. The third-order valence-electron chi connectivity index (χ3n) is 6.36. The number of H-pyrrole nitrogens is 1. The second-order valence-corrected chi connectivity index (χ2v) is 12.1. The average molecular weight is 594 g/mol. The maximum Gasteiger partial charge on any atom is 0.459 e. The van der Waals surface area contributed by atoms with E-state index in [-0.39, 0.29) is 5.75 Å². The molecule has 1 aliphatic heterocycles. The van der Waals surface area contributed by atoms with E-state index < -0.39 is 67.8 Å². The van der Waals surface area contributed by atoms with Gasteiger partial charge in [-0.2, -0.15) is 5.09 Å². The van der Waals surface area contributed by atoms with E-state index in [2.05, 4.69) is 16.9 Å². The van der Waals surface area contributed by atoms with Crippen LogP contribution in [0.25, 0.3) is 0 Å². The highest BCUT2D eigenvalue weighted by Gasteiger charge is 2.56. The molecule has 41 heavy (non-hydrogen) atoms. The summed E-state index contributed by atoms with van der Waals surface area (Å²) in [6.45, 7) is 5.07. The minimum absolute atomic E-state index is 0.128. The van der Waals surface area contributed by atoms with Crippen molar-refractivity contribution in [2.24, 2.45) is 5.92 Å². The van der Waals surface area contributed by atoms with E-state index in [0.717, 1.165) is 42.2 Å². The summed E-state index contributed by atoms with van der Waals surface area (Å²) in [5.74, 6) is 6.02. The lowest BCUT2D eigenvalue weighted by molar-refractivity contribution is -0.149. The van der Waals surface area contributed by atoms with Crippen LogP contribution in [0.4, 0.5) is 4.39 Å². The molecule has 6 atom stereocenters. The summed E-state index contributed by atoms with van der Waals surface area (Å²) in [5.41, 5.74) is -3.41. The number of ether oxygens (including phenoxy) is 2. The fourth-order valence-electron chi connectivity index (χ4n) is 4.00. The number of aromatic amines is 1. The number of carbonyl (C=O) groups excluding carboxylic acids is 1. The van der Waals surface area contributed by atoms with Crippen molar-refractivity contribution in [1.82, 2.24) is 14.6 Å². The Kier molecular flexibility index (Phi) is 9.21. The van der Waals surface area contributed by atoms with Crippen LogP contribution in [0, 0.1) is 17.8 Å². The van der Waals surface area contributed by atoms with Gasteiger partial charge in [-0.1, -0.05) is 11.8 Å². The third kappa shape index (κ3) is 7.72. The number of alkyl halides is 1. The highest BCUT2D eigenvalue weighted by atomic mass is 31.2. The van der Waals surface area contributed by atoms with E-state index >= 15 is 4.39 Å². The highest BCUT2D eigenvalue weighted by molar-refractivity contribution is 7.52. The summed E-state index contributed by atoms with van der Waals surface area (Å²) in [7, 11) is -4.38. The maximum atomic E-state index is 15.6. The Morgan fingerprint density at radius 2 is 1.95 bits per heavy atom. The van der Waals surface area contributed by atoms with Gasteiger partial charge in [-0.3, -0.25) is 23.7 Å². The Balaban J connectivity index is 1.52. The number of carbonyl (C=O) groups is 1. The van der Waals surface area contributed by atoms with E-state index in [0.29, 0.717) is 5.92 Å². The van der Waals surface area contributed by atoms with Gasteiger partial charge in [0.2, 0.25) is 0 Å². The third-order valence-corrected chi connectivity index (χ3v) is 8.01. The number of aliphatic hydroxyl groups is 1. The molecule has 1 saturated heterocycles. The zero-order chi connectivity index (χ0) is 29.9. The zero-order valence-corrected chi connectivity index (χ0v) is 23.9. The van der Waals surface area contributed by atoms with Crippen molar-refractivity contribution in [2.45, 2.75) is 76.8 Å². The molecule has 0 amide bonds. The molecule has 1 aromatic carbocycles. The van der Waals surface area contributed by atoms with Gasteiger partial charge in [-0.15, -0.1) is 0 Å². The maximum absolute atomic E-state index is 15.6. The van der Waals surface area contributed by atoms with E-state index in [1.807, 2.05) is 4.98 Å². The second kappa shape index (κ2) is 12.3. The molecule has 14 heteroatoms. The zero-order valence-electron chi connectivity index (χ0n) is 23.0. The molecule has 1 aliphatic carbocycles.